The van der Waals surface area contributed by atoms with Crippen LogP contribution < -0.4 is 9.47 Å². The second-order valence-corrected chi connectivity index (χ2v) is 6.17. The summed E-state index contributed by atoms with van der Waals surface area (Å²) in [6, 6.07) is 6.48. The van der Waals surface area contributed by atoms with E-state index in [9.17, 15) is 18.0 Å². The van der Waals surface area contributed by atoms with Crippen molar-refractivity contribution >= 4 is 29.4 Å². The molecule has 0 aliphatic heterocycles. The van der Waals surface area contributed by atoms with Crippen LogP contribution in [0.15, 0.2) is 30.3 Å². The fourth-order valence-electron chi connectivity index (χ4n) is 2.27. The van der Waals surface area contributed by atoms with Gasteiger partial charge in [-0.05, 0) is 36.2 Å². The van der Waals surface area contributed by atoms with Gasteiger partial charge in [0.15, 0.2) is 0 Å². The minimum Gasteiger partial charge on any atom is -0.488 e. The number of halogens is 5. The molecule has 0 atom stereocenters. The van der Waals surface area contributed by atoms with E-state index in [1.807, 2.05) is 0 Å². The standard InChI is InChI=1S/C18H15Cl2F3O4/c1-3-10-7-12(18(21,22)23)16(8-14(10)20)26-9-11-13(19)5-4-6-15(11)27-17(24)25-2/h4-8H,3,9H2,1-2H3. The average molecular weight is 423 g/mol. The summed E-state index contributed by atoms with van der Waals surface area (Å²) in [4.78, 5) is 11.3. The zero-order valence-corrected chi connectivity index (χ0v) is 15.8. The van der Waals surface area contributed by atoms with Gasteiger partial charge in [-0.15, -0.1) is 0 Å². The highest BCUT2D eigenvalue weighted by Gasteiger charge is 2.35. The molecule has 0 aliphatic carbocycles. The number of methoxy groups -OCH3 is 1. The van der Waals surface area contributed by atoms with Crippen LogP contribution in [0.1, 0.15) is 23.6 Å². The monoisotopic (exact) mass is 422 g/mol. The maximum absolute atomic E-state index is 13.4. The van der Waals surface area contributed by atoms with Crippen molar-refractivity contribution < 1.29 is 32.2 Å². The van der Waals surface area contributed by atoms with Crippen molar-refractivity contribution in [1.29, 1.82) is 0 Å². The van der Waals surface area contributed by atoms with Crippen LogP contribution in [-0.4, -0.2) is 13.3 Å². The van der Waals surface area contributed by atoms with E-state index >= 15 is 0 Å². The van der Waals surface area contributed by atoms with Crippen LogP contribution in [0.4, 0.5) is 18.0 Å². The van der Waals surface area contributed by atoms with Gasteiger partial charge in [-0.1, -0.05) is 36.2 Å². The van der Waals surface area contributed by atoms with E-state index in [4.69, 9.17) is 32.7 Å². The smallest absolute Gasteiger partial charge is 0.488 e. The maximum Gasteiger partial charge on any atom is 0.513 e. The highest BCUT2D eigenvalue weighted by molar-refractivity contribution is 6.31. The summed E-state index contributed by atoms with van der Waals surface area (Å²) in [6.45, 7) is 1.32. The number of ether oxygens (including phenoxy) is 3. The topological polar surface area (TPSA) is 44.8 Å². The van der Waals surface area contributed by atoms with Crippen LogP contribution in [0.3, 0.4) is 0 Å². The van der Waals surface area contributed by atoms with E-state index in [2.05, 4.69) is 4.74 Å². The summed E-state index contributed by atoms with van der Waals surface area (Å²) >= 11 is 12.1. The Morgan fingerprint density at radius 1 is 1.11 bits per heavy atom. The third-order valence-corrected chi connectivity index (χ3v) is 4.35. The van der Waals surface area contributed by atoms with Gasteiger partial charge in [0, 0.05) is 5.02 Å². The Labute approximate surface area is 163 Å². The molecule has 4 nitrogen and oxygen atoms in total. The lowest BCUT2D eigenvalue weighted by Crippen LogP contribution is -2.12. The maximum atomic E-state index is 13.4. The van der Waals surface area contributed by atoms with Crippen molar-refractivity contribution in [2.24, 2.45) is 0 Å². The predicted octanol–water partition coefficient (Wildman–Crippen LogP) is 6.30. The van der Waals surface area contributed by atoms with Gasteiger partial charge >= 0.3 is 12.3 Å². The van der Waals surface area contributed by atoms with E-state index in [0.29, 0.717) is 12.0 Å². The van der Waals surface area contributed by atoms with E-state index in [0.717, 1.165) is 19.2 Å². The number of aryl methyl sites for hydroxylation is 1. The minimum atomic E-state index is -4.63. The highest BCUT2D eigenvalue weighted by atomic mass is 35.5. The molecule has 0 saturated heterocycles. The van der Waals surface area contributed by atoms with Gasteiger partial charge in [0.05, 0.1) is 23.3 Å². The molecule has 0 amide bonds. The molecule has 2 rings (SSSR count). The summed E-state index contributed by atoms with van der Waals surface area (Å²) in [5, 5.41) is 0.312. The van der Waals surface area contributed by atoms with Crippen molar-refractivity contribution in [3.8, 4) is 11.5 Å². The zero-order chi connectivity index (χ0) is 20.2. The Morgan fingerprint density at radius 3 is 2.41 bits per heavy atom. The molecule has 0 saturated carbocycles. The first-order valence-corrected chi connectivity index (χ1v) is 8.48. The van der Waals surface area contributed by atoms with Crippen LogP contribution in [0.2, 0.25) is 10.0 Å². The quantitative estimate of drug-likeness (QED) is 0.418. The fraction of sp³-hybridized carbons (Fsp3) is 0.278. The van der Waals surface area contributed by atoms with Crippen LogP contribution in [0.25, 0.3) is 0 Å². The molecule has 0 radical (unpaired) electrons. The van der Waals surface area contributed by atoms with Crippen LogP contribution >= 0.6 is 23.2 Å². The van der Waals surface area contributed by atoms with Gasteiger partial charge in [-0.2, -0.15) is 13.2 Å². The molecule has 0 fully saturated rings. The second-order valence-electron chi connectivity index (χ2n) is 5.35. The van der Waals surface area contributed by atoms with E-state index in [1.165, 1.54) is 18.2 Å². The first kappa shape index (κ1) is 21.2. The van der Waals surface area contributed by atoms with E-state index in [-0.39, 0.29) is 28.0 Å². The molecule has 146 valence electrons. The van der Waals surface area contributed by atoms with Crippen molar-refractivity contribution in [3.63, 3.8) is 0 Å². The molecule has 2 aromatic rings. The third kappa shape index (κ3) is 5.20. The molecular formula is C18H15Cl2F3O4. The van der Waals surface area contributed by atoms with Gasteiger partial charge in [0.25, 0.3) is 0 Å². The van der Waals surface area contributed by atoms with Crippen molar-refractivity contribution in [3.05, 3.63) is 57.1 Å². The molecule has 27 heavy (non-hydrogen) atoms. The lowest BCUT2D eigenvalue weighted by molar-refractivity contribution is -0.139. The fourth-order valence-corrected chi connectivity index (χ4v) is 2.78. The van der Waals surface area contributed by atoms with Crippen LogP contribution in [0.5, 0.6) is 11.5 Å². The predicted molar refractivity (Wildman–Crippen MR) is 94.6 cm³/mol. The molecule has 0 unspecified atom stereocenters. The highest BCUT2D eigenvalue weighted by Crippen LogP contribution is 2.40. The van der Waals surface area contributed by atoms with Gasteiger partial charge in [-0.3, -0.25) is 0 Å². The van der Waals surface area contributed by atoms with Gasteiger partial charge in [0.1, 0.15) is 18.1 Å². The molecule has 9 heteroatoms. The molecular weight excluding hydrogens is 408 g/mol. The van der Waals surface area contributed by atoms with Crippen molar-refractivity contribution in [2.45, 2.75) is 26.1 Å². The summed E-state index contributed by atoms with van der Waals surface area (Å²) in [5.41, 5.74) is -0.413. The second kappa shape index (κ2) is 8.71. The summed E-state index contributed by atoms with van der Waals surface area (Å²) in [5.74, 6) is -0.437. The molecule has 0 N–H and O–H groups in total. The van der Waals surface area contributed by atoms with Gasteiger partial charge < -0.3 is 14.2 Å². The number of carbonyl (C=O) groups excluding carboxylic acids is 1. The van der Waals surface area contributed by atoms with Crippen LogP contribution in [-0.2, 0) is 23.9 Å². The summed E-state index contributed by atoms with van der Waals surface area (Å²) < 4.78 is 54.8. The molecule has 0 bridgehead atoms. The lowest BCUT2D eigenvalue weighted by atomic mass is 10.1. The lowest BCUT2D eigenvalue weighted by Gasteiger charge is -2.17. The first-order valence-electron chi connectivity index (χ1n) is 7.73. The largest absolute Gasteiger partial charge is 0.513 e. The normalized spacial score (nSPS) is 11.2. The van der Waals surface area contributed by atoms with Crippen LogP contribution in [0, 0.1) is 0 Å². The number of alkyl halides is 3. The van der Waals surface area contributed by atoms with Crippen molar-refractivity contribution in [1.82, 2.24) is 0 Å². The zero-order valence-electron chi connectivity index (χ0n) is 14.3. The Morgan fingerprint density at radius 2 is 1.81 bits per heavy atom. The Balaban J connectivity index is 2.37. The SMILES string of the molecule is CCc1cc(C(F)(F)F)c(OCc2c(Cl)cccc2OC(=O)OC)cc1Cl. The van der Waals surface area contributed by atoms with E-state index < -0.39 is 23.6 Å². The summed E-state index contributed by atoms with van der Waals surface area (Å²) in [7, 11) is 1.12. The molecule has 0 spiro atoms. The van der Waals surface area contributed by atoms with Gasteiger partial charge in [0.2, 0.25) is 0 Å². The third-order valence-electron chi connectivity index (χ3n) is 3.64. The molecule has 0 heterocycles. The number of hydrogen-bond donors (Lipinski definition) is 0. The Hall–Kier alpha value is -2.12. The number of rotatable bonds is 5. The van der Waals surface area contributed by atoms with Gasteiger partial charge in [-0.25, -0.2) is 4.79 Å². The van der Waals surface area contributed by atoms with E-state index in [1.54, 1.807) is 6.92 Å². The molecule has 0 aromatic heterocycles. The number of benzene rings is 2. The Kier molecular flexibility index (Phi) is 6.84. The Bertz CT molecular complexity index is 838. The molecule has 0 aliphatic rings. The summed E-state index contributed by atoms with van der Waals surface area (Å²) in [6.07, 6.45) is -5.29. The number of carbonyl (C=O) groups is 1. The number of hydrogen-bond acceptors (Lipinski definition) is 4. The molecule has 2 aromatic carbocycles. The minimum absolute atomic E-state index is 0.0131. The average Bonchev–Trinajstić information content (AvgIpc) is 2.60. The first-order chi connectivity index (χ1) is 12.7. The van der Waals surface area contributed by atoms with Crippen molar-refractivity contribution in [2.75, 3.05) is 7.11 Å².